The fourth-order valence-corrected chi connectivity index (χ4v) is 1.51. The molecule has 1 heterocycles. The zero-order valence-corrected chi connectivity index (χ0v) is 6.99. The first-order valence-electron chi connectivity index (χ1n) is 3.32. The summed E-state index contributed by atoms with van der Waals surface area (Å²) in [6, 6.07) is 3.35. The molecular formula is C7H9NO3S. The van der Waals surface area contributed by atoms with Crippen molar-refractivity contribution in [1.82, 2.24) is 0 Å². The lowest BCUT2D eigenvalue weighted by Gasteiger charge is -2.12. The number of thiophene rings is 1. The Bertz CT molecular complexity index is 260. The van der Waals surface area contributed by atoms with Gasteiger partial charge in [0.2, 0.25) is 5.91 Å². The van der Waals surface area contributed by atoms with Crippen LogP contribution in [0.5, 0.6) is 0 Å². The van der Waals surface area contributed by atoms with Gasteiger partial charge in [0.25, 0.3) is 0 Å². The predicted molar refractivity (Wildman–Crippen MR) is 44.5 cm³/mol. The maximum atomic E-state index is 10.5. The Balaban J connectivity index is 2.71. The number of carbonyl (C=O) groups excluding carboxylic acids is 1. The third-order valence-corrected chi connectivity index (χ3v) is 2.37. The van der Waals surface area contributed by atoms with Crippen molar-refractivity contribution in [3.63, 3.8) is 0 Å². The zero-order chi connectivity index (χ0) is 9.14. The van der Waals surface area contributed by atoms with Crippen molar-refractivity contribution in [2.45, 2.75) is 12.2 Å². The number of hydrogen-bond acceptors (Lipinski definition) is 4. The third-order valence-electron chi connectivity index (χ3n) is 1.43. The molecular weight excluding hydrogens is 178 g/mol. The number of primary amides is 1. The molecule has 66 valence electrons. The van der Waals surface area contributed by atoms with Crippen molar-refractivity contribution in [3.05, 3.63) is 22.4 Å². The van der Waals surface area contributed by atoms with Gasteiger partial charge in [-0.25, -0.2) is 0 Å². The van der Waals surface area contributed by atoms with Crippen LogP contribution in [-0.2, 0) is 4.79 Å². The topological polar surface area (TPSA) is 83.6 Å². The summed E-state index contributed by atoms with van der Waals surface area (Å²) in [5, 5.41) is 20.1. The van der Waals surface area contributed by atoms with Gasteiger partial charge < -0.3 is 15.9 Å². The molecule has 1 rings (SSSR count). The highest BCUT2D eigenvalue weighted by molar-refractivity contribution is 7.10. The summed E-state index contributed by atoms with van der Waals surface area (Å²) in [6.45, 7) is 0. The van der Waals surface area contributed by atoms with E-state index in [0.29, 0.717) is 4.88 Å². The highest BCUT2D eigenvalue weighted by Crippen LogP contribution is 2.21. The smallest absolute Gasteiger partial charge is 0.249 e. The minimum absolute atomic E-state index is 0.529. The molecule has 2 unspecified atom stereocenters. The van der Waals surface area contributed by atoms with Gasteiger partial charge in [-0.2, -0.15) is 0 Å². The molecule has 0 aliphatic heterocycles. The standard InChI is InChI=1S/C7H9NO3S/c8-7(11)6(10)5(9)4-2-1-3-12-4/h1-3,5-6,9-10H,(H2,8,11). The minimum atomic E-state index is -1.52. The van der Waals surface area contributed by atoms with E-state index in [2.05, 4.69) is 0 Å². The third kappa shape index (κ3) is 1.82. The first-order chi connectivity index (χ1) is 5.63. The van der Waals surface area contributed by atoms with Crippen LogP contribution in [-0.4, -0.2) is 22.2 Å². The SMILES string of the molecule is NC(=O)C(O)C(O)c1cccs1. The summed E-state index contributed by atoms with van der Waals surface area (Å²) in [5.74, 6) is -0.920. The van der Waals surface area contributed by atoms with Crippen LogP contribution < -0.4 is 5.73 Å². The van der Waals surface area contributed by atoms with E-state index >= 15 is 0 Å². The molecule has 0 bridgehead atoms. The van der Waals surface area contributed by atoms with Crippen LogP contribution in [0.2, 0.25) is 0 Å². The lowest BCUT2D eigenvalue weighted by Crippen LogP contribution is -2.33. The second-order valence-corrected chi connectivity index (χ2v) is 3.29. The van der Waals surface area contributed by atoms with E-state index < -0.39 is 18.1 Å². The van der Waals surface area contributed by atoms with Crippen molar-refractivity contribution in [2.75, 3.05) is 0 Å². The maximum Gasteiger partial charge on any atom is 0.249 e. The van der Waals surface area contributed by atoms with Crippen LogP contribution in [0, 0.1) is 0 Å². The minimum Gasteiger partial charge on any atom is -0.384 e. The number of aliphatic hydroxyl groups excluding tert-OH is 2. The highest BCUT2D eigenvalue weighted by atomic mass is 32.1. The first-order valence-corrected chi connectivity index (χ1v) is 4.19. The normalized spacial score (nSPS) is 15.5. The van der Waals surface area contributed by atoms with E-state index in [1.807, 2.05) is 0 Å². The summed E-state index contributed by atoms with van der Waals surface area (Å²) in [4.78, 5) is 11.0. The molecule has 0 aromatic carbocycles. The van der Waals surface area contributed by atoms with Gasteiger partial charge in [0, 0.05) is 4.88 Å². The monoisotopic (exact) mass is 187 g/mol. The van der Waals surface area contributed by atoms with Gasteiger partial charge in [0.05, 0.1) is 0 Å². The quantitative estimate of drug-likeness (QED) is 0.603. The van der Waals surface area contributed by atoms with E-state index in [-0.39, 0.29) is 0 Å². The Kier molecular flexibility index (Phi) is 2.80. The molecule has 1 amide bonds. The van der Waals surface area contributed by atoms with Crippen molar-refractivity contribution < 1.29 is 15.0 Å². The van der Waals surface area contributed by atoms with Crippen LogP contribution >= 0.6 is 11.3 Å². The average molecular weight is 187 g/mol. The summed E-state index contributed by atoms with van der Waals surface area (Å²) in [5.41, 5.74) is 4.80. The molecule has 0 spiro atoms. The van der Waals surface area contributed by atoms with E-state index in [4.69, 9.17) is 10.8 Å². The Morgan fingerprint density at radius 1 is 1.58 bits per heavy atom. The van der Waals surface area contributed by atoms with Crippen LogP contribution in [0.3, 0.4) is 0 Å². The molecule has 2 atom stereocenters. The summed E-state index contributed by atoms with van der Waals surface area (Å²) < 4.78 is 0. The van der Waals surface area contributed by atoms with Crippen molar-refractivity contribution in [3.8, 4) is 0 Å². The molecule has 0 aliphatic rings. The summed E-state index contributed by atoms with van der Waals surface area (Å²) >= 11 is 1.26. The largest absolute Gasteiger partial charge is 0.384 e. The molecule has 0 fully saturated rings. The fraction of sp³-hybridized carbons (Fsp3) is 0.286. The van der Waals surface area contributed by atoms with Gasteiger partial charge in [0.15, 0.2) is 6.10 Å². The Morgan fingerprint density at radius 2 is 2.25 bits per heavy atom. The van der Waals surface area contributed by atoms with E-state index in [9.17, 15) is 9.90 Å². The lowest BCUT2D eigenvalue weighted by molar-refractivity contribution is -0.131. The van der Waals surface area contributed by atoms with Crippen molar-refractivity contribution in [2.24, 2.45) is 5.73 Å². The van der Waals surface area contributed by atoms with E-state index in [0.717, 1.165) is 0 Å². The fourth-order valence-electron chi connectivity index (χ4n) is 0.771. The Hall–Kier alpha value is -0.910. The van der Waals surface area contributed by atoms with E-state index in [1.54, 1.807) is 17.5 Å². The van der Waals surface area contributed by atoms with Crippen LogP contribution in [0.1, 0.15) is 11.0 Å². The number of carbonyl (C=O) groups is 1. The van der Waals surface area contributed by atoms with E-state index in [1.165, 1.54) is 11.3 Å². The molecule has 1 aromatic heterocycles. The Morgan fingerprint density at radius 3 is 2.67 bits per heavy atom. The second kappa shape index (κ2) is 3.66. The average Bonchev–Trinajstić information content (AvgIpc) is 2.53. The number of hydrogen-bond donors (Lipinski definition) is 3. The predicted octanol–water partition coefficient (Wildman–Crippen LogP) is -0.372. The first kappa shape index (κ1) is 9.18. The molecule has 0 aliphatic carbocycles. The Labute approximate surface area is 73.3 Å². The van der Waals surface area contributed by atoms with Crippen LogP contribution in [0.4, 0.5) is 0 Å². The zero-order valence-electron chi connectivity index (χ0n) is 6.18. The van der Waals surface area contributed by atoms with Gasteiger partial charge in [0.1, 0.15) is 6.10 Å². The molecule has 4 nitrogen and oxygen atoms in total. The van der Waals surface area contributed by atoms with Gasteiger partial charge >= 0.3 is 0 Å². The summed E-state index contributed by atoms with van der Waals surface area (Å²) in [7, 11) is 0. The molecule has 12 heavy (non-hydrogen) atoms. The van der Waals surface area contributed by atoms with Crippen LogP contribution in [0.25, 0.3) is 0 Å². The molecule has 4 N–H and O–H groups in total. The number of amides is 1. The second-order valence-electron chi connectivity index (χ2n) is 2.31. The molecule has 0 saturated heterocycles. The number of nitrogens with two attached hydrogens (primary N) is 1. The van der Waals surface area contributed by atoms with Crippen molar-refractivity contribution >= 4 is 17.2 Å². The molecule has 0 radical (unpaired) electrons. The highest BCUT2D eigenvalue weighted by Gasteiger charge is 2.23. The van der Waals surface area contributed by atoms with Crippen LogP contribution in [0.15, 0.2) is 17.5 Å². The lowest BCUT2D eigenvalue weighted by atomic mass is 10.1. The molecule has 0 saturated carbocycles. The van der Waals surface area contributed by atoms with Gasteiger partial charge in [-0.1, -0.05) is 6.07 Å². The van der Waals surface area contributed by atoms with Gasteiger partial charge in [-0.05, 0) is 11.4 Å². The molecule has 1 aromatic rings. The maximum absolute atomic E-state index is 10.5. The van der Waals surface area contributed by atoms with Gasteiger partial charge in [-0.3, -0.25) is 4.79 Å². The van der Waals surface area contributed by atoms with Gasteiger partial charge in [-0.15, -0.1) is 11.3 Å². The summed E-state index contributed by atoms with van der Waals surface area (Å²) in [6.07, 6.45) is -2.73. The molecule has 5 heteroatoms. The number of rotatable bonds is 3. The number of aliphatic hydroxyl groups is 2. The van der Waals surface area contributed by atoms with Crippen molar-refractivity contribution in [1.29, 1.82) is 0 Å².